The lowest BCUT2D eigenvalue weighted by molar-refractivity contribution is -0.128. The van der Waals surface area contributed by atoms with Gasteiger partial charge in [-0.2, -0.15) is 5.26 Å². The minimum Gasteiger partial charge on any atom is -0.341 e. The summed E-state index contributed by atoms with van der Waals surface area (Å²) in [7, 11) is 0. The fourth-order valence-electron chi connectivity index (χ4n) is 2.89. The van der Waals surface area contributed by atoms with Crippen LogP contribution in [0.1, 0.15) is 13.3 Å². The van der Waals surface area contributed by atoms with Gasteiger partial charge in [-0.05, 0) is 43.3 Å². The van der Waals surface area contributed by atoms with Crippen molar-refractivity contribution in [2.24, 2.45) is 0 Å². The van der Waals surface area contributed by atoms with Crippen LogP contribution in [0.5, 0.6) is 0 Å². The molecular weight excluding hydrogens is 391 g/mol. The summed E-state index contributed by atoms with van der Waals surface area (Å²) in [5, 5.41) is 9.54. The molecule has 148 valence electrons. The number of rotatable bonds is 7. The van der Waals surface area contributed by atoms with E-state index in [0.29, 0.717) is 34.8 Å². The van der Waals surface area contributed by atoms with Crippen molar-refractivity contribution in [1.82, 2.24) is 14.5 Å². The number of para-hydroxylation sites is 1. The zero-order valence-corrected chi connectivity index (χ0v) is 16.7. The molecule has 29 heavy (non-hydrogen) atoms. The molecule has 0 aliphatic rings. The maximum absolute atomic E-state index is 13.4. The molecule has 1 heterocycles. The van der Waals surface area contributed by atoms with Crippen molar-refractivity contribution in [2.75, 3.05) is 18.8 Å². The van der Waals surface area contributed by atoms with Crippen molar-refractivity contribution < 1.29 is 9.18 Å². The number of carbonyl (C=O) groups is 1. The van der Waals surface area contributed by atoms with E-state index < -0.39 is 5.82 Å². The Morgan fingerprint density at radius 1 is 1.24 bits per heavy atom. The van der Waals surface area contributed by atoms with Gasteiger partial charge in [0.25, 0.3) is 5.56 Å². The monoisotopic (exact) mass is 410 g/mol. The van der Waals surface area contributed by atoms with E-state index in [9.17, 15) is 14.0 Å². The highest BCUT2D eigenvalue weighted by atomic mass is 32.2. The number of halogens is 1. The van der Waals surface area contributed by atoms with Gasteiger partial charge in [-0.15, -0.1) is 0 Å². The van der Waals surface area contributed by atoms with Crippen LogP contribution in [-0.4, -0.2) is 39.2 Å². The van der Waals surface area contributed by atoms with Crippen molar-refractivity contribution in [3.8, 4) is 11.8 Å². The van der Waals surface area contributed by atoms with E-state index in [-0.39, 0.29) is 23.6 Å². The lowest BCUT2D eigenvalue weighted by Gasteiger charge is -2.19. The fraction of sp³-hybridized carbons (Fsp3) is 0.238. The van der Waals surface area contributed by atoms with Gasteiger partial charge < -0.3 is 4.90 Å². The number of nitriles is 1. The second-order valence-corrected chi connectivity index (χ2v) is 7.14. The van der Waals surface area contributed by atoms with Gasteiger partial charge in [0, 0.05) is 13.1 Å². The molecule has 0 saturated heterocycles. The molecule has 6 nitrogen and oxygen atoms in total. The van der Waals surface area contributed by atoms with E-state index in [1.807, 2.05) is 13.0 Å². The molecule has 0 atom stereocenters. The molecule has 0 saturated carbocycles. The first kappa shape index (κ1) is 20.6. The minimum atomic E-state index is -0.406. The number of thioether (sulfide) groups is 1. The SMILES string of the molecule is CCN(CCC#N)C(=O)CSc1nc2ccccc2c(=O)n1-c1ccc(F)cc1. The van der Waals surface area contributed by atoms with Crippen LogP contribution in [0.2, 0.25) is 0 Å². The lowest BCUT2D eigenvalue weighted by Crippen LogP contribution is -2.33. The summed E-state index contributed by atoms with van der Waals surface area (Å²) in [4.78, 5) is 31.8. The summed E-state index contributed by atoms with van der Waals surface area (Å²) in [5.74, 6) is -0.470. The summed E-state index contributed by atoms with van der Waals surface area (Å²) in [5.41, 5.74) is 0.720. The summed E-state index contributed by atoms with van der Waals surface area (Å²) in [6.07, 6.45) is 0.263. The van der Waals surface area contributed by atoms with Gasteiger partial charge in [0.1, 0.15) is 5.82 Å². The van der Waals surface area contributed by atoms with Crippen LogP contribution in [0.3, 0.4) is 0 Å². The topological polar surface area (TPSA) is 79.0 Å². The van der Waals surface area contributed by atoms with Crippen LogP contribution < -0.4 is 5.56 Å². The highest BCUT2D eigenvalue weighted by Crippen LogP contribution is 2.22. The number of amides is 1. The smallest absolute Gasteiger partial charge is 0.266 e. The van der Waals surface area contributed by atoms with Crippen molar-refractivity contribution in [2.45, 2.75) is 18.5 Å². The largest absolute Gasteiger partial charge is 0.341 e. The quantitative estimate of drug-likeness (QED) is 0.441. The Bertz CT molecular complexity index is 1120. The number of hydrogen-bond acceptors (Lipinski definition) is 5. The van der Waals surface area contributed by atoms with Crippen molar-refractivity contribution in [3.63, 3.8) is 0 Å². The molecule has 0 spiro atoms. The molecule has 0 fully saturated rings. The summed E-state index contributed by atoms with van der Waals surface area (Å²) in [6.45, 7) is 2.71. The van der Waals surface area contributed by atoms with Gasteiger partial charge in [-0.1, -0.05) is 23.9 Å². The normalized spacial score (nSPS) is 10.7. The Morgan fingerprint density at radius 3 is 2.66 bits per heavy atom. The Labute approximate surface area is 171 Å². The summed E-state index contributed by atoms with van der Waals surface area (Å²) < 4.78 is 14.8. The third kappa shape index (κ3) is 4.63. The molecule has 0 radical (unpaired) electrons. The first-order valence-electron chi connectivity index (χ1n) is 9.10. The molecule has 8 heteroatoms. The van der Waals surface area contributed by atoms with Crippen LogP contribution in [0, 0.1) is 17.1 Å². The third-order valence-electron chi connectivity index (χ3n) is 4.38. The number of carbonyl (C=O) groups excluding carboxylic acids is 1. The van der Waals surface area contributed by atoms with Crippen LogP contribution in [0.25, 0.3) is 16.6 Å². The Hall–Kier alpha value is -3.18. The Kier molecular flexibility index (Phi) is 6.62. The lowest BCUT2D eigenvalue weighted by atomic mass is 10.2. The third-order valence-corrected chi connectivity index (χ3v) is 5.31. The molecule has 0 aliphatic heterocycles. The average molecular weight is 410 g/mol. The molecule has 0 bridgehead atoms. The van der Waals surface area contributed by atoms with Gasteiger partial charge in [-0.25, -0.2) is 9.37 Å². The molecule has 3 aromatic rings. The zero-order chi connectivity index (χ0) is 20.8. The number of fused-ring (bicyclic) bond motifs is 1. The van der Waals surface area contributed by atoms with E-state index in [1.54, 1.807) is 29.2 Å². The number of hydrogen-bond donors (Lipinski definition) is 0. The van der Waals surface area contributed by atoms with Gasteiger partial charge in [0.15, 0.2) is 5.16 Å². The van der Waals surface area contributed by atoms with Gasteiger partial charge in [0.2, 0.25) is 5.91 Å². The molecule has 0 N–H and O–H groups in total. The fourth-order valence-corrected chi connectivity index (χ4v) is 3.80. The van der Waals surface area contributed by atoms with Crippen LogP contribution in [0.15, 0.2) is 58.5 Å². The first-order valence-corrected chi connectivity index (χ1v) is 10.1. The van der Waals surface area contributed by atoms with Crippen molar-refractivity contribution >= 4 is 28.6 Å². The molecular formula is C21H19FN4O2S. The number of benzene rings is 2. The highest BCUT2D eigenvalue weighted by Gasteiger charge is 2.17. The van der Waals surface area contributed by atoms with Crippen LogP contribution in [-0.2, 0) is 4.79 Å². The van der Waals surface area contributed by atoms with E-state index in [4.69, 9.17) is 5.26 Å². The number of aromatic nitrogens is 2. The predicted octanol–water partition coefficient (Wildman–Crippen LogP) is 3.38. The summed E-state index contributed by atoms with van der Waals surface area (Å²) in [6, 6.07) is 14.6. The highest BCUT2D eigenvalue weighted by molar-refractivity contribution is 7.99. The molecule has 3 rings (SSSR count). The average Bonchev–Trinajstić information content (AvgIpc) is 2.74. The van der Waals surface area contributed by atoms with E-state index in [2.05, 4.69) is 4.98 Å². The molecule has 1 aromatic heterocycles. The standard InChI is InChI=1S/C21H19FN4O2S/c1-2-25(13-5-12-23)19(27)14-29-21-24-18-7-4-3-6-17(18)20(28)26(21)16-10-8-15(22)9-11-16/h3-4,6-11H,2,5,13-14H2,1H3. The van der Waals surface area contributed by atoms with Gasteiger partial charge >= 0.3 is 0 Å². The maximum atomic E-state index is 13.4. The first-order chi connectivity index (χ1) is 14.0. The van der Waals surface area contributed by atoms with Crippen molar-refractivity contribution in [3.05, 3.63) is 64.7 Å². The predicted molar refractivity (Wildman–Crippen MR) is 111 cm³/mol. The second-order valence-electron chi connectivity index (χ2n) is 6.20. The van der Waals surface area contributed by atoms with E-state index in [1.165, 1.54) is 28.8 Å². The molecule has 0 unspecified atom stereocenters. The minimum absolute atomic E-state index is 0.0746. The zero-order valence-electron chi connectivity index (χ0n) is 15.8. The number of nitrogens with zero attached hydrogens (tertiary/aromatic N) is 4. The molecule has 2 aromatic carbocycles. The van der Waals surface area contributed by atoms with E-state index >= 15 is 0 Å². The van der Waals surface area contributed by atoms with Gasteiger partial charge in [0.05, 0.1) is 34.8 Å². The van der Waals surface area contributed by atoms with E-state index in [0.717, 1.165) is 11.8 Å². The van der Waals surface area contributed by atoms with Crippen LogP contribution in [0.4, 0.5) is 4.39 Å². The Morgan fingerprint density at radius 2 is 1.97 bits per heavy atom. The van der Waals surface area contributed by atoms with Crippen LogP contribution >= 0.6 is 11.8 Å². The second kappa shape index (κ2) is 9.34. The molecule has 1 amide bonds. The van der Waals surface area contributed by atoms with Crippen molar-refractivity contribution in [1.29, 1.82) is 5.26 Å². The Balaban J connectivity index is 1.99. The van der Waals surface area contributed by atoms with Gasteiger partial charge in [-0.3, -0.25) is 14.2 Å². The maximum Gasteiger partial charge on any atom is 0.266 e. The summed E-state index contributed by atoms with van der Waals surface area (Å²) >= 11 is 1.14. The molecule has 0 aliphatic carbocycles.